The average Bonchev–Trinajstić information content (AvgIpc) is 2.85. The molecule has 0 bridgehead atoms. The van der Waals surface area contributed by atoms with Gasteiger partial charge in [-0.2, -0.15) is 5.26 Å². The Hall–Kier alpha value is -0.590. The molecule has 19 heavy (non-hydrogen) atoms. The second-order valence-electron chi connectivity index (χ2n) is 6.30. The maximum absolute atomic E-state index is 9.50. The SMILES string of the molecule is CCCC1CCCCN1C1CCC(C#N)(NCC)C1. The minimum absolute atomic E-state index is 0.242. The van der Waals surface area contributed by atoms with Crippen molar-refractivity contribution >= 4 is 0 Å². The molecule has 3 nitrogen and oxygen atoms in total. The zero-order chi connectivity index (χ0) is 13.7. The van der Waals surface area contributed by atoms with E-state index < -0.39 is 0 Å². The van der Waals surface area contributed by atoms with Gasteiger partial charge in [-0.3, -0.25) is 10.2 Å². The predicted molar refractivity (Wildman–Crippen MR) is 78.9 cm³/mol. The maximum Gasteiger partial charge on any atom is 0.108 e. The Balaban J connectivity index is 2.00. The maximum atomic E-state index is 9.50. The van der Waals surface area contributed by atoms with E-state index in [1.165, 1.54) is 45.1 Å². The summed E-state index contributed by atoms with van der Waals surface area (Å²) in [6, 6.07) is 3.97. The summed E-state index contributed by atoms with van der Waals surface area (Å²) in [7, 11) is 0. The second-order valence-corrected chi connectivity index (χ2v) is 6.30. The van der Waals surface area contributed by atoms with E-state index in [2.05, 4.69) is 30.1 Å². The summed E-state index contributed by atoms with van der Waals surface area (Å²) in [6.07, 6.45) is 9.96. The Morgan fingerprint density at radius 1 is 1.32 bits per heavy atom. The lowest BCUT2D eigenvalue weighted by molar-refractivity contribution is 0.0878. The van der Waals surface area contributed by atoms with E-state index in [-0.39, 0.29) is 5.54 Å². The molecule has 2 aliphatic rings. The Morgan fingerprint density at radius 2 is 2.16 bits per heavy atom. The smallest absolute Gasteiger partial charge is 0.108 e. The molecule has 1 N–H and O–H groups in total. The van der Waals surface area contributed by atoms with Gasteiger partial charge in [-0.1, -0.05) is 26.7 Å². The number of nitrogens with one attached hydrogen (secondary N) is 1. The van der Waals surface area contributed by atoms with Gasteiger partial charge in [-0.05, 0) is 51.6 Å². The fourth-order valence-corrected chi connectivity index (χ4v) is 4.09. The molecule has 1 aliphatic carbocycles. The molecule has 0 amide bonds. The number of likely N-dealkylation sites (tertiary alicyclic amines) is 1. The molecular formula is C16H29N3. The van der Waals surface area contributed by atoms with Crippen molar-refractivity contribution in [3.05, 3.63) is 0 Å². The van der Waals surface area contributed by atoms with Gasteiger partial charge < -0.3 is 0 Å². The summed E-state index contributed by atoms with van der Waals surface area (Å²) < 4.78 is 0. The van der Waals surface area contributed by atoms with E-state index in [1.807, 2.05) is 0 Å². The zero-order valence-electron chi connectivity index (χ0n) is 12.6. The number of piperidine rings is 1. The Kier molecular flexibility index (Phi) is 5.24. The van der Waals surface area contributed by atoms with Crippen molar-refractivity contribution in [1.82, 2.24) is 10.2 Å². The molecule has 3 heteroatoms. The Labute approximate surface area is 118 Å². The summed E-state index contributed by atoms with van der Waals surface area (Å²) >= 11 is 0. The third-order valence-corrected chi connectivity index (χ3v) is 4.98. The first-order valence-corrected chi connectivity index (χ1v) is 8.16. The fourth-order valence-electron chi connectivity index (χ4n) is 4.09. The lowest BCUT2D eigenvalue weighted by atomic mass is 9.94. The van der Waals surface area contributed by atoms with Crippen molar-refractivity contribution in [1.29, 1.82) is 5.26 Å². The Bertz CT molecular complexity index is 320. The number of nitriles is 1. The first-order valence-electron chi connectivity index (χ1n) is 8.16. The van der Waals surface area contributed by atoms with Crippen molar-refractivity contribution in [2.24, 2.45) is 0 Å². The third kappa shape index (κ3) is 3.30. The Morgan fingerprint density at radius 3 is 2.84 bits per heavy atom. The zero-order valence-corrected chi connectivity index (χ0v) is 12.6. The summed E-state index contributed by atoms with van der Waals surface area (Å²) in [5.74, 6) is 0. The molecule has 0 aromatic heterocycles. The van der Waals surface area contributed by atoms with E-state index in [0.29, 0.717) is 6.04 Å². The lowest BCUT2D eigenvalue weighted by Gasteiger charge is -2.40. The average molecular weight is 263 g/mol. The molecule has 0 spiro atoms. The lowest BCUT2D eigenvalue weighted by Crippen LogP contribution is -2.48. The van der Waals surface area contributed by atoms with Crippen LogP contribution in [0.4, 0.5) is 0 Å². The van der Waals surface area contributed by atoms with Crippen LogP contribution in [0.3, 0.4) is 0 Å². The van der Waals surface area contributed by atoms with Crippen molar-refractivity contribution in [2.75, 3.05) is 13.1 Å². The molecule has 2 fully saturated rings. The van der Waals surface area contributed by atoms with Crippen molar-refractivity contribution in [3.63, 3.8) is 0 Å². The molecule has 108 valence electrons. The van der Waals surface area contributed by atoms with Gasteiger partial charge in [-0.25, -0.2) is 0 Å². The molecule has 0 aromatic rings. The van der Waals surface area contributed by atoms with E-state index >= 15 is 0 Å². The van der Waals surface area contributed by atoms with Crippen LogP contribution in [-0.2, 0) is 0 Å². The molecule has 3 unspecified atom stereocenters. The van der Waals surface area contributed by atoms with Gasteiger partial charge >= 0.3 is 0 Å². The molecule has 0 radical (unpaired) electrons. The number of nitrogens with zero attached hydrogens (tertiary/aromatic N) is 2. The van der Waals surface area contributed by atoms with Gasteiger partial charge in [0.2, 0.25) is 0 Å². The molecule has 0 aromatic carbocycles. The third-order valence-electron chi connectivity index (χ3n) is 4.98. The molecule has 1 saturated carbocycles. The van der Waals surface area contributed by atoms with Crippen molar-refractivity contribution in [2.45, 2.75) is 82.8 Å². The van der Waals surface area contributed by atoms with Crippen LogP contribution in [0.25, 0.3) is 0 Å². The molecule has 2 rings (SSSR count). The molecule has 1 heterocycles. The largest absolute Gasteiger partial charge is 0.300 e. The van der Waals surface area contributed by atoms with Gasteiger partial charge in [0.1, 0.15) is 5.54 Å². The van der Waals surface area contributed by atoms with E-state index in [4.69, 9.17) is 0 Å². The van der Waals surface area contributed by atoms with Crippen molar-refractivity contribution in [3.8, 4) is 6.07 Å². The van der Waals surface area contributed by atoms with Gasteiger partial charge in [0.25, 0.3) is 0 Å². The van der Waals surface area contributed by atoms with E-state index in [0.717, 1.165) is 25.4 Å². The topological polar surface area (TPSA) is 39.1 Å². The van der Waals surface area contributed by atoms with E-state index in [1.54, 1.807) is 0 Å². The van der Waals surface area contributed by atoms with Gasteiger partial charge in [0, 0.05) is 12.1 Å². The summed E-state index contributed by atoms with van der Waals surface area (Å²) in [5.41, 5.74) is -0.242. The van der Waals surface area contributed by atoms with Crippen LogP contribution in [0, 0.1) is 11.3 Å². The molecule has 1 saturated heterocycles. The van der Waals surface area contributed by atoms with Gasteiger partial charge in [0.15, 0.2) is 0 Å². The summed E-state index contributed by atoms with van der Waals surface area (Å²) in [5, 5.41) is 12.9. The van der Waals surface area contributed by atoms with Crippen LogP contribution in [0.15, 0.2) is 0 Å². The van der Waals surface area contributed by atoms with Gasteiger partial charge in [-0.15, -0.1) is 0 Å². The number of hydrogen-bond donors (Lipinski definition) is 1. The molecule has 1 aliphatic heterocycles. The van der Waals surface area contributed by atoms with Crippen LogP contribution in [0.2, 0.25) is 0 Å². The molecule has 3 atom stereocenters. The quantitative estimate of drug-likeness (QED) is 0.828. The van der Waals surface area contributed by atoms with Crippen molar-refractivity contribution < 1.29 is 0 Å². The van der Waals surface area contributed by atoms with Crippen LogP contribution in [0.5, 0.6) is 0 Å². The van der Waals surface area contributed by atoms with Gasteiger partial charge in [0.05, 0.1) is 6.07 Å². The summed E-state index contributed by atoms with van der Waals surface area (Å²) in [4.78, 5) is 2.74. The summed E-state index contributed by atoms with van der Waals surface area (Å²) in [6.45, 7) is 6.55. The molecular weight excluding hydrogens is 234 g/mol. The van der Waals surface area contributed by atoms with E-state index in [9.17, 15) is 5.26 Å². The standard InChI is InChI=1S/C16H29N3/c1-3-7-14-8-5-6-11-19(14)15-9-10-16(12-15,13-17)18-4-2/h14-15,18H,3-12H2,1-2H3. The highest BCUT2D eigenvalue weighted by Gasteiger charge is 2.42. The number of rotatable bonds is 5. The minimum Gasteiger partial charge on any atom is -0.300 e. The fraction of sp³-hybridized carbons (Fsp3) is 0.938. The monoisotopic (exact) mass is 263 g/mol. The van der Waals surface area contributed by atoms with Crippen LogP contribution in [-0.4, -0.2) is 35.6 Å². The van der Waals surface area contributed by atoms with Crippen LogP contribution >= 0.6 is 0 Å². The predicted octanol–water partition coefficient (Wildman–Crippen LogP) is 3.07. The highest BCUT2D eigenvalue weighted by Crippen LogP contribution is 2.36. The first-order chi connectivity index (χ1) is 9.24. The normalized spacial score (nSPS) is 36.3. The second kappa shape index (κ2) is 6.72. The highest BCUT2D eigenvalue weighted by atomic mass is 15.2. The van der Waals surface area contributed by atoms with Crippen LogP contribution in [0.1, 0.15) is 65.2 Å². The number of hydrogen-bond acceptors (Lipinski definition) is 3. The minimum atomic E-state index is -0.242. The first kappa shape index (κ1) is 14.8. The van der Waals surface area contributed by atoms with Crippen LogP contribution < -0.4 is 5.32 Å². The highest BCUT2D eigenvalue weighted by molar-refractivity contribution is 5.13.